The Kier molecular flexibility index (Phi) is 4.40. The van der Waals surface area contributed by atoms with E-state index in [2.05, 4.69) is 30.9 Å². The minimum absolute atomic E-state index is 0.682. The monoisotopic (exact) mass is 360 g/mol. The highest BCUT2D eigenvalue weighted by Crippen LogP contribution is 2.23. The van der Waals surface area contributed by atoms with Gasteiger partial charge in [0.05, 0.1) is 10.7 Å². The summed E-state index contributed by atoms with van der Waals surface area (Å²) in [6.45, 7) is 1.58. The fourth-order valence-electron chi connectivity index (χ4n) is 2.08. The van der Waals surface area contributed by atoms with Crippen molar-refractivity contribution in [2.45, 2.75) is 0 Å². The summed E-state index contributed by atoms with van der Waals surface area (Å²) in [4.78, 5) is 6.52. The third kappa shape index (κ3) is 3.28. The Morgan fingerprint density at radius 2 is 1.91 bits per heavy atom. The largest absolute Gasteiger partial charge is 0.492 e. The molecule has 3 rings (SSSR count). The van der Waals surface area contributed by atoms with Gasteiger partial charge >= 0.3 is 0 Å². The molecule has 0 N–H and O–H groups in total. The van der Waals surface area contributed by atoms with Crippen LogP contribution in [-0.2, 0) is 0 Å². The maximum atomic E-state index is 5.70. The van der Waals surface area contributed by atoms with Crippen molar-refractivity contribution in [2.24, 2.45) is 0 Å². The lowest BCUT2D eigenvalue weighted by molar-refractivity contribution is 0.261. The fourth-order valence-corrected chi connectivity index (χ4v) is 2.46. The van der Waals surface area contributed by atoms with Crippen LogP contribution in [0.4, 0.5) is 0 Å². The third-order valence-corrected chi connectivity index (χ3v) is 3.87. The zero-order valence-corrected chi connectivity index (χ0v) is 14.1. The topological polar surface area (TPSA) is 42.7 Å². The van der Waals surface area contributed by atoms with Gasteiger partial charge in [-0.2, -0.15) is 5.10 Å². The molecule has 0 saturated heterocycles. The van der Waals surface area contributed by atoms with E-state index in [0.717, 1.165) is 33.5 Å². The lowest BCUT2D eigenvalue weighted by atomic mass is 10.1. The molecule has 5 nitrogen and oxygen atoms in total. The molecule has 22 heavy (non-hydrogen) atoms. The second kappa shape index (κ2) is 6.46. The Bertz CT molecular complexity index is 767. The van der Waals surface area contributed by atoms with Crippen LogP contribution in [0.2, 0.25) is 0 Å². The SMILES string of the molecule is CN(C)CCOc1ccc(-c2cnc3c(Br)cnn3c2)cc1. The van der Waals surface area contributed by atoms with E-state index in [-0.39, 0.29) is 0 Å². The van der Waals surface area contributed by atoms with Crippen molar-refractivity contribution >= 4 is 21.6 Å². The van der Waals surface area contributed by atoms with Crippen molar-refractivity contribution in [1.29, 1.82) is 0 Å². The van der Waals surface area contributed by atoms with Crippen LogP contribution in [-0.4, -0.2) is 46.7 Å². The second-order valence-electron chi connectivity index (χ2n) is 5.28. The quantitative estimate of drug-likeness (QED) is 0.701. The van der Waals surface area contributed by atoms with Crippen molar-refractivity contribution < 1.29 is 4.74 Å². The molecule has 0 atom stereocenters. The first kappa shape index (κ1) is 15.0. The van der Waals surface area contributed by atoms with E-state index < -0.39 is 0 Å². The predicted octanol–water partition coefficient (Wildman–Crippen LogP) is 3.10. The van der Waals surface area contributed by atoms with Gasteiger partial charge < -0.3 is 9.64 Å². The summed E-state index contributed by atoms with van der Waals surface area (Å²) in [5.41, 5.74) is 2.91. The summed E-state index contributed by atoms with van der Waals surface area (Å²) < 4.78 is 8.36. The van der Waals surface area contributed by atoms with E-state index in [1.165, 1.54) is 0 Å². The maximum Gasteiger partial charge on any atom is 0.169 e. The van der Waals surface area contributed by atoms with Gasteiger partial charge in [-0.1, -0.05) is 12.1 Å². The first-order chi connectivity index (χ1) is 10.6. The van der Waals surface area contributed by atoms with Gasteiger partial charge in [0.15, 0.2) is 5.65 Å². The molecule has 114 valence electrons. The number of benzene rings is 1. The van der Waals surface area contributed by atoms with Gasteiger partial charge in [-0.15, -0.1) is 0 Å². The lowest BCUT2D eigenvalue weighted by Gasteiger charge is -2.11. The molecule has 2 aromatic heterocycles. The fraction of sp³-hybridized carbons (Fsp3) is 0.250. The van der Waals surface area contributed by atoms with E-state index in [0.29, 0.717) is 6.61 Å². The van der Waals surface area contributed by atoms with Crippen molar-refractivity contribution in [3.8, 4) is 16.9 Å². The highest BCUT2D eigenvalue weighted by Gasteiger charge is 2.05. The van der Waals surface area contributed by atoms with Gasteiger partial charge in [-0.25, -0.2) is 9.50 Å². The number of hydrogen-bond donors (Lipinski definition) is 0. The number of aromatic nitrogens is 3. The van der Waals surface area contributed by atoms with Gasteiger partial charge in [0.25, 0.3) is 0 Å². The molecule has 3 aromatic rings. The number of ether oxygens (including phenoxy) is 1. The number of rotatable bonds is 5. The third-order valence-electron chi connectivity index (χ3n) is 3.31. The van der Waals surface area contributed by atoms with Crippen LogP contribution in [0.1, 0.15) is 0 Å². The molecule has 1 aromatic carbocycles. The molecular formula is C16H17BrN4O. The Balaban J connectivity index is 1.76. The number of likely N-dealkylation sites (N-methyl/N-ethyl adjacent to an activating group) is 1. The molecule has 6 heteroatoms. The van der Waals surface area contributed by atoms with Crippen LogP contribution in [0, 0.1) is 0 Å². The van der Waals surface area contributed by atoms with Gasteiger partial charge in [-0.3, -0.25) is 0 Å². The Labute approximate surface area is 137 Å². The van der Waals surface area contributed by atoms with Crippen molar-refractivity contribution in [3.63, 3.8) is 0 Å². The van der Waals surface area contributed by atoms with Gasteiger partial charge in [0, 0.05) is 24.5 Å². The van der Waals surface area contributed by atoms with Crippen LogP contribution in [0.25, 0.3) is 16.8 Å². The molecule has 0 spiro atoms. The zero-order valence-electron chi connectivity index (χ0n) is 12.5. The molecule has 0 fully saturated rings. The molecule has 2 heterocycles. The highest BCUT2D eigenvalue weighted by atomic mass is 79.9. The van der Waals surface area contributed by atoms with E-state index in [4.69, 9.17) is 4.74 Å². The summed E-state index contributed by atoms with van der Waals surface area (Å²) in [7, 11) is 4.06. The Morgan fingerprint density at radius 3 is 2.64 bits per heavy atom. The minimum Gasteiger partial charge on any atom is -0.492 e. The number of hydrogen-bond acceptors (Lipinski definition) is 4. The summed E-state index contributed by atoms with van der Waals surface area (Å²) in [5.74, 6) is 0.876. The molecule has 0 radical (unpaired) electrons. The molecule has 0 aliphatic heterocycles. The summed E-state index contributed by atoms with van der Waals surface area (Å²) in [5, 5.41) is 4.26. The van der Waals surface area contributed by atoms with Gasteiger partial charge in [-0.05, 0) is 47.7 Å². The van der Waals surface area contributed by atoms with Crippen LogP contribution < -0.4 is 4.74 Å². The maximum absolute atomic E-state index is 5.70. The number of fused-ring (bicyclic) bond motifs is 1. The standard InChI is InChI=1S/C16H17BrN4O/c1-20(2)7-8-22-14-5-3-12(4-6-14)13-9-18-16-15(17)10-19-21(16)11-13/h3-6,9-11H,7-8H2,1-2H3. The average Bonchev–Trinajstić information content (AvgIpc) is 2.88. The van der Waals surface area contributed by atoms with Gasteiger partial charge in [0.2, 0.25) is 0 Å². The summed E-state index contributed by atoms with van der Waals surface area (Å²) in [6, 6.07) is 8.03. The normalized spacial score (nSPS) is 11.3. The van der Waals surface area contributed by atoms with Crippen molar-refractivity contribution in [1.82, 2.24) is 19.5 Å². The average molecular weight is 361 g/mol. The van der Waals surface area contributed by atoms with E-state index in [1.807, 2.05) is 50.8 Å². The minimum atomic E-state index is 0.682. The first-order valence-corrected chi connectivity index (χ1v) is 7.79. The van der Waals surface area contributed by atoms with E-state index in [9.17, 15) is 0 Å². The molecule has 0 aliphatic carbocycles. The molecule has 0 saturated carbocycles. The predicted molar refractivity (Wildman–Crippen MR) is 90.2 cm³/mol. The van der Waals surface area contributed by atoms with Crippen LogP contribution >= 0.6 is 15.9 Å². The van der Waals surface area contributed by atoms with Gasteiger partial charge in [0.1, 0.15) is 12.4 Å². The summed E-state index contributed by atoms with van der Waals surface area (Å²) >= 11 is 3.43. The number of nitrogens with zero attached hydrogens (tertiary/aromatic N) is 4. The molecule has 0 bridgehead atoms. The Morgan fingerprint density at radius 1 is 1.14 bits per heavy atom. The molecular weight excluding hydrogens is 344 g/mol. The van der Waals surface area contributed by atoms with Crippen molar-refractivity contribution in [2.75, 3.05) is 27.2 Å². The highest BCUT2D eigenvalue weighted by molar-refractivity contribution is 9.10. The molecule has 0 unspecified atom stereocenters. The van der Waals surface area contributed by atoms with E-state index in [1.54, 1.807) is 10.7 Å². The molecule has 0 aliphatic rings. The van der Waals surface area contributed by atoms with Crippen LogP contribution in [0.3, 0.4) is 0 Å². The smallest absolute Gasteiger partial charge is 0.169 e. The summed E-state index contributed by atoms with van der Waals surface area (Å²) in [6.07, 6.45) is 5.56. The lowest BCUT2D eigenvalue weighted by Crippen LogP contribution is -2.19. The van der Waals surface area contributed by atoms with Crippen LogP contribution in [0.15, 0.2) is 47.3 Å². The van der Waals surface area contributed by atoms with Crippen LogP contribution in [0.5, 0.6) is 5.75 Å². The zero-order chi connectivity index (χ0) is 15.5. The first-order valence-electron chi connectivity index (χ1n) is 7.00. The van der Waals surface area contributed by atoms with E-state index >= 15 is 0 Å². The molecule has 0 amide bonds. The second-order valence-corrected chi connectivity index (χ2v) is 6.13. The Hall–Kier alpha value is -1.92. The van der Waals surface area contributed by atoms with Crippen molar-refractivity contribution in [3.05, 3.63) is 47.3 Å². The number of halogens is 1.